The molecule has 0 heterocycles. The van der Waals surface area contributed by atoms with Gasteiger partial charge in [0.25, 0.3) is 0 Å². The second-order valence-electron chi connectivity index (χ2n) is 10.3. The van der Waals surface area contributed by atoms with E-state index in [1.165, 1.54) is 51.4 Å². The molecule has 0 fully saturated rings. The van der Waals surface area contributed by atoms with Crippen molar-refractivity contribution in [2.45, 2.75) is 155 Å². The second-order valence-corrected chi connectivity index (χ2v) is 10.3. The van der Waals surface area contributed by atoms with E-state index < -0.39 is 11.9 Å². The van der Waals surface area contributed by atoms with Crippen LogP contribution in [0.2, 0.25) is 0 Å². The Labute approximate surface area is 242 Å². The van der Waals surface area contributed by atoms with Crippen LogP contribution in [-0.2, 0) is 29.0 Å². The molecule has 0 aliphatic heterocycles. The molecule has 0 spiro atoms. The fourth-order valence-corrected chi connectivity index (χ4v) is 4.00. The van der Waals surface area contributed by atoms with E-state index in [1.54, 1.807) is 0 Å². The fraction of sp³-hybridized carbons (Fsp3) is 0.867. The Bertz CT molecular complexity index is 565. The molecule has 0 aliphatic carbocycles. The summed E-state index contributed by atoms with van der Waals surface area (Å²) in [5.74, 6) is -0.959. The van der Waals surface area contributed by atoms with Gasteiger partial charge in [-0.3, -0.25) is 9.59 Å². The maximum Gasteiger partial charge on any atom is 0.342 e. The SMILES string of the molecule is CCCCCCCCC(=O)NCCCCCC(=O)OO.CCCCCCCCC(=O)NCCCCCC(=O)OO. The first-order chi connectivity index (χ1) is 19.4. The molecule has 2 amide bonds. The average Bonchev–Trinajstić information content (AvgIpc) is 2.96. The van der Waals surface area contributed by atoms with Crippen LogP contribution >= 0.6 is 0 Å². The number of unbranched alkanes of at least 4 members (excludes halogenated alkanes) is 14. The van der Waals surface area contributed by atoms with Crippen molar-refractivity contribution in [1.82, 2.24) is 10.6 Å². The van der Waals surface area contributed by atoms with Crippen molar-refractivity contribution in [1.29, 1.82) is 0 Å². The van der Waals surface area contributed by atoms with Crippen LogP contribution in [0.25, 0.3) is 0 Å². The molecular formula is C30H58N2O8. The minimum absolute atomic E-state index is 0.121. The Kier molecular flexibility index (Phi) is 33.0. The molecule has 10 heteroatoms. The quantitative estimate of drug-likeness (QED) is 0.0497. The van der Waals surface area contributed by atoms with Crippen molar-refractivity contribution in [3.8, 4) is 0 Å². The summed E-state index contributed by atoms with van der Waals surface area (Å²) in [6.45, 7) is 5.70. The van der Waals surface area contributed by atoms with Crippen LogP contribution in [0.3, 0.4) is 0 Å². The molecular weight excluding hydrogens is 516 g/mol. The molecule has 0 saturated heterocycles. The van der Waals surface area contributed by atoms with Crippen LogP contribution in [0, 0.1) is 0 Å². The number of amides is 2. The van der Waals surface area contributed by atoms with E-state index in [2.05, 4.69) is 34.3 Å². The van der Waals surface area contributed by atoms with Gasteiger partial charge in [-0.15, -0.1) is 0 Å². The summed E-state index contributed by atoms with van der Waals surface area (Å²) in [5, 5.41) is 21.9. The fourth-order valence-electron chi connectivity index (χ4n) is 4.00. The Hall–Kier alpha value is -2.20. The first kappa shape index (κ1) is 39.9. The summed E-state index contributed by atoms with van der Waals surface area (Å²) >= 11 is 0. The minimum atomic E-state index is -0.600. The molecule has 0 aromatic carbocycles. The van der Waals surface area contributed by atoms with Crippen molar-refractivity contribution in [2.75, 3.05) is 13.1 Å². The highest BCUT2D eigenvalue weighted by Crippen LogP contribution is 2.08. The van der Waals surface area contributed by atoms with E-state index in [4.69, 9.17) is 10.5 Å². The second kappa shape index (κ2) is 33.0. The van der Waals surface area contributed by atoms with Gasteiger partial charge < -0.3 is 20.4 Å². The van der Waals surface area contributed by atoms with Crippen molar-refractivity contribution in [3.05, 3.63) is 0 Å². The van der Waals surface area contributed by atoms with Crippen LogP contribution in [0.15, 0.2) is 0 Å². The number of hydrogen-bond acceptors (Lipinski definition) is 8. The molecule has 236 valence electrons. The molecule has 0 unspecified atom stereocenters. The number of nitrogens with one attached hydrogen (secondary N) is 2. The predicted molar refractivity (Wildman–Crippen MR) is 156 cm³/mol. The molecule has 0 saturated carbocycles. The topological polar surface area (TPSA) is 151 Å². The zero-order valence-corrected chi connectivity index (χ0v) is 25.3. The molecule has 0 aromatic rings. The van der Waals surface area contributed by atoms with Gasteiger partial charge in [0.2, 0.25) is 11.8 Å². The van der Waals surface area contributed by atoms with E-state index >= 15 is 0 Å². The number of hydrogen-bond donors (Lipinski definition) is 4. The van der Waals surface area contributed by atoms with E-state index in [0.717, 1.165) is 51.4 Å². The van der Waals surface area contributed by atoms with Crippen molar-refractivity contribution >= 4 is 23.8 Å². The lowest BCUT2D eigenvalue weighted by Crippen LogP contribution is -2.24. The highest BCUT2D eigenvalue weighted by atomic mass is 17.1. The number of rotatable bonds is 26. The molecule has 0 bridgehead atoms. The molecule has 0 radical (unpaired) electrons. The average molecular weight is 575 g/mol. The maximum absolute atomic E-state index is 11.5. The maximum atomic E-state index is 11.5. The van der Waals surface area contributed by atoms with E-state index in [1.807, 2.05) is 0 Å². The lowest BCUT2D eigenvalue weighted by atomic mass is 10.1. The Morgan fingerprint density at radius 1 is 0.450 bits per heavy atom. The van der Waals surface area contributed by atoms with Gasteiger partial charge in [0.05, 0.1) is 0 Å². The predicted octanol–water partition coefficient (Wildman–Crippen LogP) is 6.86. The van der Waals surface area contributed by atoms with Crippen LogP contribution in [-0.4, -0.2) is 47.4 Å². The lowest BCUT2D eigenvalue weighted by molar-refractivity contribution is -0.234. The standard InChI is InChI=1S/2C15H29NO4/c2*1-2-3-4-5-6-8-11-14(17)16-13-10-7-9-12-15(18)20-19/h2*19H,2-13H2,1H3,(H,16,17). The first-order valence-corrected chi connectivity index (χ1v) is 15.6. The summed E-state index contributed by atoms with van der Waals surface area (Å²) in [7, 11) is 0. The number of carbonyl (C=O) groups excluding carboxylic acids is 4. The molecule has 0 rings (SSSR count). The summed E-state index contributed by atoms with van der Waals surface area (Å²) in [6, 6.07) is 0. The Balaban J connectivity index is 0. The first-order valence-electron chi connectivity index (χ1n) is 15.6. The summed E-state index contributed by atoms with van der Waals surface area (Å²) in [4.78, 5) is 51.4. The third-order valence-electron chi connectivity index (χ3n) is 6.48. The van der Waals surface area contributed by atoms with E-state index in [-0.39, 0.29) is 24.7 Å². The van der Waals surface area contributed by atoms with Gasteiger partial charge in [-0.25, -0.2) is 9.59 Å². The molecule has 0 atom stereocenters. The Morgan fingerprint density at radius 3 is 1.10 bits per heavy atom. The zero-order valence-electron chi connectivity index (χ0n) is 25.3. The van der Waals surface area contributed by atoms with Gasteiger partial charge in [-0.2, -0.15) is 10.5 Å². The smallest absolute Gasteiger partial charge is 0.342 e. The molecule has 40 heavy (non-hydrogen) atoms. The molecule has 10 nitrogen and oxygen atoms in total. The van der Waals surface area contributed by atoms with Gasteiger partial charge in [0.1, 0.15) is 0 Å². The summed E-state index contributed by atoms with van der Waals surface area (Å²) in [6.07, 6.45) is 20.7. The van der Waals surface area contributed by atoms with Crippen molar-refractivity contribution in [2.24, 2.45) is 0 Å². The Morgan fingerprint density at radius 2 is 0.750 bits per heavy atom. The number of carbonyl (C=O) groups is 4. The van der Waals surface area contributed by atoms with Crippen molar-refractivity contribution < 1.29 is 39.5 Å². The molecule has 0 aromatic heterocycles. The van der Waals surface area contributed by atoms with Gasteiger partial charge in [-0.1, -0.05) is 90.9 Å². The van der Waals surface area contributed by atoms with Gasteiger partial charge in [0, 0.05) is 38.8 Å². The minimum Gasteiger partial charge on any atom is -0.356 e. The van der Waals surface area contributed by atoms with E-state index in [0.29, 0.717) is 38.8 Å². The molecule has 0 aliphatic rings. The monoisotopic (exact) mass is 574 g/mol. The molecule has 4 N–H and O–H groups in total. The lowest BCUT2D eigenvalue weighted by Gasteiger charge is -2.05. The van der Waals surface area contributed by atoms with Crippen LogP contribution < -0.4 is 10.6 Å². The summed E-state index contributed by atoms with van der Waals surface area (Å²) < 4.78 is 0. The van der Waals surface area contributed by atoms with Crippen molar-refractivity contribution in [3.63, 3.8) is 0 Å². The third-order valence-corrected chi connectivity index (χ3v) is 6.48. The van der Waals surface area contributed by atoms with Crippen LogP contribution in [0.1, 0.15) is 155 Å². The summed E-state index contributed by atoms with van der Waals surface area (Å²) in [5.41, 5.74) is 0. The zero-order chi connectivity index (χ0) is 30.1. The van der Waals surface area contributed by atoms with Gasteiger partial charge in [0.15, 0.2) is 0 Å². The normalized spacial score (nSPS) is 10.3. The van der Waals surface area contributed by atoms with Crippen LogP contribution in [0.5, 0.6) is 0 Å². The van der Waals surface area contributed by atoms with Gasteiger partial charge in [-0.05, 0) is 38.5 Å². The van der Waals surface area contributed by atoms with Crippen LogP contribution in [0.4, 0.5) is 0 Å². The van der Waals surface area contributed by atoms with E-state index in [9.17, 15) is 19.2 Å². The highest BCUT2D eigenvalue weighted by Gasteiger charge is 2.04. The van der Waals surface area contributed by atoms with Gasteiger partial charge >= 0.3 is 11.9 Å². The highest BCUT2D eigenvalue weighted by molar-refractivity contribution is 5.76. The third kappa shape index (κ3) is 33.8. The largest absolute Gasteiger partial charge is 0.356 e.